The molecular weight excluding hydrogens is 296 g/mol. The van der Waals surface area contributed by atoms with Crippen LogP contribution in [0.1, 0.15) is 31.7 Å². The van der Waals surface area contributed by atoms with Crippen LogP contribution < -0.4 is 5.73 Å². The van der Waals surface area contributed by atoms with E-state index < -0.39 is 10.0 Å². The van der Waals surface area contributed by atoms with Gasteiger partial charge in [-0.15, -0.1) is 0 Å². The molecule has 1 aliphatic carbocycles. The van der Waals surface area contributed by atoms with Crippen molar-refractivity contribution in [1.29, 1.82) is 0 Å². The summed E-state index contributed by atoms with van der Waals surface area (Å²) in [4.78, 5) is 0.187. The zero-order valence-corrected chi connectivity index (χ0v) is 13.5. The molecule has 0 saturated heterocycles. The minimum Gasteiger partial charge on any atom is -0.398 e. The minimum atomic E-state index is -3.52. The van der Waals surface area contributed by atoms with E-state index >= 15 is 0 Å². The van der Waals surface area contributed by atoms with E-state index in [2.05, 4.69) is 0 Å². The molecule has 6 heteroatoms. The number of nitrogen functional groups attached to an aromatic ring is 1. The predicted molar refractivity (Wildman–Crippen MR) is 82.4 cm³/mol. The first kappa shape index (κ1) is 15.6. The molecule has 0 radical (unpaired) electrons. The van der Waals surface area contributed by atoms with E-state index in [9.17, 15) is 8.42 Å². The number of benzene rings is 1. The third-order valence-electron chi connectivity index (χ3n) is 4.04. The minimum absolute atomic E-state index is 0.187. The molecular formula is C14H21ClN2O2S. The first-order chi connectivity index (χ1) is 9.36. The number of rotatable bonds is 5. The summed E-state index contributed by atoms with van der Waals surface area (Å²) in [5.74, 6) is 0.489. The smallest absolute Gasteiger partial charge is 0.243 e. The molecule has 0 spiro atoms. The van der Waals surface area contributed by atoms with Gasteiger partial charge in [0, 0.05) is 23.8 Å². The van der Waals surface area contributed by atoms with E-state index in [0.717, 1.165) is 12.8 Å². The maximum atomic E-state index is 12.7. The molecule has 1 fully saturated rings. The lowest BCUT2D eigenvalue weighted by Gasteiger charge is -2.31. The van der Waals surface area contributed by atoms with Gasteiger partial charge in [0.25, 0.3) is 0 Å². The van der Waals surface area contributed by atoms with Gasteiger partial charge in [-0.3, -0.25) is 0 Å². The Morgan fingerprint density at radius 2 is 2.05 bits per heavy atom. The Morgan fingerprint density at radius 1 is 1.40 bits per heavy atom. The standard InChI is InChI=1S/C14H21ClN2O2S/c1-3-17(9-11-5-4-6-11)20(18,19)12-7-13(15)10(2)14(16)8-12/h7-8,11H,3-6,9,16H2,1-2H3. The van der Waals surface area contributed by atoms with Crippen LogP contribution in [0, 0.1) is 12.8 Å². The molecule has 20 heavy (non-hydrogen) atoms. The molecule has 1 aliphatic rings. The van der Waals surface area contributed by atoms with Gasteiger partial charge in [-0.2, -0.15) is 4.31 Å². The van der Waals surface area contributed by atoms with Crippen molar-refractivity contribution in [3.8, 4) is 0 Å². The number of anilines is 1. The van der Waals surface area contributed by atoms with E-state index in [4.69, 9.17) is 17.3 Å². The van der Waals surface area contributed by atoms with Gasteiger partial charge in [0.05, 0.1) is 4.90 Å². The monoisotopic (exact) mass is 316 g/mol. The molecule has 0 aromatic heterocycles. The second kappa shape index (κ2) is 5.92. The highest BCUT2D eigenvalue weighted by Crippen LogP contribution is 2.31. The third kappa shape index (κ3) is 2.95. The van der Waals surface area contributed by atoms with E-state index in [1.807, 2.05) is 6.92 Å². The fourth-order valence-electron chi connectivity index (χ4n) is 2.33. The number of halogens is 1. The van der Waals surface area contributed by atoms with Gasteiger partial charge >= 0.3 is 0 Å². The van der Waals surface area contributed by atoms with Crippen molar-refractivity contribution in [2.75, 3.05) is 18.8 Å². The summed E-state index contributed by atoms with van der Waals surface area (Å²) in [5.41, 5.74) is 6.96. The summed E-state index contributed by atoms with van der Waals surface area (Å²) in [6, 6.07) is 2.99. The van der Waals surface area contributed by atoms with Gasteiger partial charge in [0.2, 0.25) is 10.0 Å². The number of sulfonamides is 1. The number of hydrogen-bond donors (Lipinski definition) is 1. The number of hydrogen-bond acceptors (Lipinski definition) is 3. The Labute approximate surface area is 126 Å². The highest BCUT2D eigenvalue weighted by atomic mass is 35.5. The predicted octanol–water partition coefficient (Wildman–Crippen LogP) is 3.04. The fraction of sp³-hybridized carbons (Fsp3) is 0.571. The van der Waals surface area contributed by atoms with Crippen LogP contribution in [0.3, 0.4) is 0 Å². The van der Waals surface area contributed by atoms with E-state index in [-0.39, 0.29) is 4.90 Å². The number of nitrogens with zero attached hydrogens (tertiary/aromatic N) is 1. The van der Waals surface area contributed by atoms with Crippen LogP contribution in [0.4, 0.5) is 5.69 Å². The maximum absolute atomic E-state index is 12.7. The molecule has 0 bridgehead atoms. The molecule has 0 heterocycles. The molecule has 0 aliphatic heterocycles. The molecule has 1 aromatic rings. The van der Waals surface area contributed by atoms with Gasteiger partial charge in [-0.05, 0) is 43.4 Å². The van der Waals surface area contributed by atoms with Gasteiger partial charge < -0.3 is 5.73 Å². The SMILES string of the molecule is CCN(CC1CCC1)S(=O)(=O)c1cc(N)c(C)c(Cl)c1. The first-order valence-corrected chi connectivity index (χ1v) is 8.73. The summed E-state index contributed by atoms with van der Waals surface area (Å²) in [6.45, 7) is 4.68. The Hall–Kier alpha value is -0.780. The van der Waals surface area contributed by atoms with Crippen molar-refractivity contribution >= 4 is 27.3 Å². The molecule has 1 aromatic carbocycles. The van der Waals surface area contributed by atoms with Gasteiger partial charge in [0.1, 0.15) is 0 Å². The zero-order chi connectivity index (χ0) is 14.9. The summed E-state index contributed by atoms with van der Waals surface area (Å²) in [5, 5.41) is 0.392. The Bertz CT molecular complexity index is 574. The summed E-state index contributed by atoms with van der Waals surface area (Å²) >= 11 is 6.05. The van der Waals surface area contributed by atoms with Crippen LogP contribution in [0.15, 0.2) is 17.0 Å². The lowest BCUT2D eigenvalue weighted by Crippen LogP contribution is -2.37. The molecule has 1 saturated carbocycles. The molecule has 0 atom stereocenters. The van der Waals surface area contributed by atoms with Crippen molar-refractivity contribution < 1.29 is 8.42 Å². The van der Waals surface area contributed by atoms with Crippen LogP contribution in [0.5, 0.6) is 0 Å². The summed E-state index contributed by atoms with van der Waals surface area (Å²) in [7, 11) is -3.52. The highest BCUT2D eigenvalue weighted by Gasteiger charge is 2.29. The van der Waals surface area contributed by atoms with Crippen LogP contribution in [-0.4, -0.2) is 25.8 Å². The van der Waals surface area contributed by atoms with Gasteiger partial charge in [-0.25, -0.2) is 8.42 Å². The van der Waals surface area contributed by atoms with Crippen molar-refractivity contribution in [3.05, 3.63) is 22.7 Å². The van der Waals surface area contributed by atoms with Gasteiger partial charge in [0.15, 0.2) is 0 Å². The average Bonchev–Trinajstić information content (AvgIpc) is 2.33. The normalized spacial score (nSPS) is 16.4. The second-order valence-electron chi connectivity index (χ2n) is 5.37. The quantitative estimate of drug-likeness (QED) is 0.849. The highest BCUT2D eigenvalue weighted by molar-refractivity contribution is 7.89. The van der Waals surface area contributed by atoms with E-state index in [1.165, 1.54) is 22.9 Å². The largest absolute Gasteiger partial charge is 0.398 e. The van der Waals surface area contributed by atoms with Crippen molar-refractivity contribution in [3.63, 3.8) is 0 Å². The van der Waals surface area contributed by atoms with Crippen LogP contribution in [0.25, 0.3) is 0 Å². The molecule has 0 amide bonds. The Morgan fingerprint density at radius 3 is 2.50 bits per heavy atom. The lowest BCUT2D eigenvalue weighted by molar-refractivity contribution is 0.250. The second-order valence-corrected chi connectivity index (χ2v) is 7.72. The van der Waals surface area contributed by atoms with Crippen LogP contribution in [0.2, 0.25) is 5.02 Å². The zero-order valence-electron chi connectivity index (χ0n) is 11.9. The Balaban J connectivity index is 2.32. The fourth-order valence-corrected chi connectivity index (χ4v) is 4.21. The van der Waals surface area contributed by atoms with Crippen LogP contribution in [-0.2, 0) is 10.0 Å². The molecule has 2 N–H and O–H groups in total. The van der Waals surface area contributed by atoms with E-state index in [1.54, 1.807) is 6.92 Å². The van der Waals surface area contributed by atoms with Crippen LogP contribution >= 0.6 is 11.6 Å². The molecule has 4 nitrogen and oxygen atoms in total. The molecule has 112 valence electrons. The van der Waals surface area contributed by atoms with Crippen molar-refractivity contribution in [1.82, 2.24) is 4.31 Å². The average molecular weight is 317 g/mol. The number of nitrogens with two attached hydrogens (primary N) is 1. The van der Waals surface area contributed by atoms with E-state index in [0.29, 0.717) is 35.3 Å². The topological polar surface area (TPSA) is 63.4 Å². The third-order valence-corrected chi connectivity index (χ3v) is 6.35. The van der Waals surface area contributed by atoms with Gasteiger partial charge in [-0.1, -0.05) is 24.9 Å². The lowest BCUT2D eigenvalue weighted by atomic mass is 9.85. The van der Waals surface area contributed by atoms with Crippen molar-refractivity contribution in [2.45, 2.75) is 38.0 Å². The maximum Gasteiger partial charge on any atom is 0.243 e. The molecule has 2 rings (SSSR count). The summed E-state index contributed by atoms with van der Waals surface area (Å²) in [6.07, 6.45) is 3.43. The van der Waals surface area contributed by atoms with Crippen molar-refractivity contribution in [2.24, 2.45) is 5.92 Å². The first-order valence-electron chi connectivity index (χ1n) is 6.92. The Kier molecular flexibility index (Phi) is 4.62. The molecule has 0 unspecified atom stereocenters. The summed E-state index contributed by atoms with van der Waals surface area (Å²) < 4.78 is 26.9.